The van der Waals surface area contributed by atoms with Gasteiger partial charge in [0.25, 0.3) is 5.56 Å². The smallest absolute Gasteiger partial charge is 0.254 e. The van der Waals surface area contributed by atoms with Crippen molar-refractivity contribution in [2.75, 3.05) is 20.3 Å². The fraction of sp³-hybridized carbons (Fsp3) is 0.375. The second-order valence-corrected chi connectivity index (χ2v) is 7.26. The van der Waals surface area contributed by atoms with Crippen LogP contribution in [0.3, 0.4) is 0 Å². The minimum Gasteiger partial charge on any atom is -0.494 e. The van der Waals surface area contributed by atoms with Crippen molar-refractivity contribution in [3.63, 3.8) is 0 Å². The molecule has 0 fully saturated rings. The van der Waals surface area contributed by atoms with Crippen LogP contribution in [-0.4, -0.2) is 34.9 Å². The van der Waals surface area contributed by atoms with E-state index in [0.29, 0.717) is 24.7 Å². The number of benzene rings is 1. The van der Waals surface area contributed by atoms with E-state index in [1.807, 2.05) is 37.3 Å². The molecule has 0 aliphatic carbocycles. The van der Waals surface area contributed by atoms with Gasteiger partial charge in [-0.05, 0) is 56.0 Å². The zero-order valence-corrected chi connectivity index (χ0v) is 18.1. The van der Waals surface area contributed by atoms with Gasteiger partial charge >= 0.3 is 0 Å². The molecule has 0 N–H and O–H groups in total. The summed E-state index contributed by atoms with van der Waals surface area (Å²) in [7, 11) is 1.72. The van der Waals surface area contributed by atoms with Crippen LogP contribution in [0.4, 0.5) is 0 Å². The van der Waals surface area contributed by atoms with Gasteiger partial charge in [-0.25, -0.2) is 9.97 Å². The number of nitrogens with zero attached hydrogens (tertiary/aromatic N) is 3. The Hall–Kier alpha value is -3.19. The highest BCUT2D eigenvalue weighted by Gasteiger charge is 2.07. The molecule has 0 aliphatic rings. The minimum absolute atomic E-state index is 0.111. The maximum absolute atomic E-state index is 12.6. The number of hydrogen-bond acceptors (Lipinski definition) is 6. The van der Waals surface area contributed by atoms with Crippen molar-refractivity contribution in [2.24, 2.45) is 0 Å². The van der Waals surface area contributed by atoms with Gasteiger partial charge in [0, 0.05) is 37.9 Å². The third kappa shape index (κ3) is 7.22. The molecule has 0 saturated heterocycles. The molecule has 0 spiro atoms. The predicted molar refractivity (Wildman–Crippen MR) is 119 cm³/mol. The van der Waals surface area contributed by atoms with Crippen molar-refractivity contribution in [1.82, 2.24) is 14.5 Å². The van der Waals surface area contributed by atoms with Crippen molar-refractivity contribution < 1.29 is 14.2 Å². The number of unbranched alkanes of at least 4 members (excludes halogenated alkanes) is 2. The minimum atomic E-state index is -0.111. The van der Waals surface area contributed by atoms with Gasteiger partial charge in [-0.3, -0.25) is 4.79 Å². The van der Waals surface area contributed by atoms with Crippen molar-refractivity contribution in [2.45, 2.75) is 39.3 Å². The zero-order valence-electron chi connectivity index (χ0n) is 18.1. The third-order valence-electron chi connectivity index (χ3n) is 4.82. The first-order chi connectivity index (χ1) is 15.2. The molecule has 2 heterocycles. The van der Waals surface area contributed by atoms with E-state index < -0.39 is 0 Å². The van der Waals surface area contributed by atoms with Gasteiger partial charge in [0.1, 0.15) is 18.1 Å². The fourth-order valence-electron chi connectivity index (χ4n) is 3.13. The Morgan fingerprint density at radius 1 is 0.903 bits per heavy atom. The largest absolute Gasteiger partial charge is 0.494 e. The van der Waals surface area contributed by atoms with Gasteiger partial charge in [0.2, 0.25) is 0 Å². The Bertz CT molecular complexity index is 988. The molecule has 0 amide bonds. The zero-order chi connectivity index (χ0) is 21.9. The van der Waals surface area contributed by atoms with Gasteiger partial charge in [0.15, 0.2) is 5.82 Å². The highest BCUT2D eigenvalue weighted by atomic mass is 16.5. The molecule has 3 aromatic rings. The van der Waals surface area contributed by atoms with Crippen LogP contribution in [0.5, 0.6) is 11.5 Å². The van der Waals surface area contributed by atoms with Crippen molar-refractivity contribution in [1.29, 1.82) is 0 Å². The van der Waals surface area contributed by atoms with Crippen LogP contribution >= 0.6 is 0 Å². The average Bonchev–Trinajstić information content (AvgIpc) is 2.79. The molecule has 7 heteroatoms. The lowest BCUT2D eigenvalue weighted by Crippen LogP contribution is -2.22. The third-order valence-corrected chi connectivity index (χ3v) is 4.82. The summed E-state index contributed by atoms with van der Waals surface area (Å²) in [5, 5.41) is 0. The average molecular weight is 424 g/mol. The predicted octanol–water partition coefficient (Wildman–Crippen LogP) is 3.77. The summed E-state index contributed by atoms with van der Waals surface area (Å²) in [6.45, 7) is 4.09. The Labute approximate surface area is 182 Å². The number of rotatable bonds is 12. The van der Waals surface area contributed by atoms with Crippen molar-refractivity contribution in [3.05, 3.63) is 82.3 Å². The molecule has 0 radical (unpaired) electrons. The Kier molecular flexibility index (Phi) is 8.60. The molecular weight excluding hydrogens is 394 g/mol. The summed E-state index contributed by atoms with van der Waals surface area (Å²) in [4.78, 5) is 20.9. The molecule has 0 aliphatic heterocycles. The van der Waals surface area contributed by atoms with E-state index in [1.165, 1.54) is 6.07 Å². The standard InChI is InChI=1S/C24H29N3O4/c1-19-15-22(31-18-23-25-11-6-12-26-23)16-24(28)27(19)17-20-7-9-21(10-8-20)30-14-5-3-4-13-29-2/h6-12,15-16H,3-5,13-14,17-18H2,1-2H3. The highest BCUT2D eigenvalue weighted by molar-refractivity contribution is 5.29. The number of ether oxygens (including phenoxy) is 3. The molecule has 0 bridgehead atoms. The number of hydrogen-bond donors (Lipinski definition) is 0. The SMILES string of the molecule is COCCCCCOc1ccc(Cn2c(C)cc(OCc3ncccn3)cc2=O)cc1. The Morgan fingerprint density at radius 3 is 2.35 bits per heavy atom. The van der Waals surface area contributed by atoms with Gasteiger partial charge in [-0.1, -0.05) is 12.1 Å². The summed E-state index contributed by atoms with van der Waals surface area (Å²) in [6, 6.07) is 13.0. The molecule has 164 valence electrons. The first-order valence-electron chi connectivity index (χ1n) is 10.5. The van der Waals surface area contributed by atoms with E-state index in [0.717, 1.165) is 42.9 Å². The van der Waals surface area contributed by atoms with Crippen molar-refractivity contribution >= 4 is 0 Å². The molecule has 1 aromatic carbocycles. The fourth-order valence-corrected chi connectivity index (χ4v) is 3.13. The molecular formula is C24H29N3O4. The van der Waals surface area contributed by atoms with E-state index in [1.54, 1.807) is 30.1 Å². The Morgan fingerprint density at radius 2 is 1.65 bits per heavy atom. The van der Waals surface area contributed by atoms with Crippen LogP contribution in [-0.2, 0) is 17.9 Å². The second kappa shape index (κ2) is 11.9. The summed E-state index contributed by atoms with van der Waals surface area (Å²) in [6.07, 6.45) is 6.47. The quantitative estimate of drug-likeness (QED) is 0.413. The summed E-state index contributed by atoms with van der Waals surface area (Å²) in [5.74, 6) is 1.92. The maximum atomic E-state index is 12.6. The molecule has 3 rings (SSSR count). The van der Waals surface area contributed by atoms with Gasteiger partial charge in [0.05, 0.1) is 13.2 Å². The maximum Gasteiger partial charge on any atom is 0.254 e. The molecule has 0 atom stereocenters. The molecule has 31 heavy (non-hydrogen) atoms. The number of aryl methyl sites for hydroxylation is 1. The summed E-state index contributed by atoms with van der Waals surface area (Å²) < 4.78 is 18.2. The van der Waals surface area contributed by atoms with E-state index in [2.05, 4.69) is 9.97 Å². The number of aromatic nitrogens is 3. The lowest BCUT2D eigenvalue weighted by Gasteiger charge is -2.13. The monoisotopic (exact) mass is 423 g/mol. The van der Waals surface area contributed by atoms with E-state index in [9.17, 15) is 4.79 Å². The Balaban J connectivity index is 1.54. The van der Waals surface area contributed by atoms with Gasteiger partial charge in [-0.15, -0.1) is 0 Å². The lowest BCUT2D eigenvalue weighted by molar-refractivity contribution is 0.189. The van der Waals surface area contributed by atoms with E-state index in [4.69, 9.17) is 14.2 Å². The van der Waals surface area contributed by atoms with Crippen LogP contribution in [0, 0.1) is 6.92 Å². The van der Waals surface area contributed by atoms with E-state index in [-0.39, 0.29) is 12.2 Å². The van der Waals surface area contributed by atoms with Gasteiger partial charge < -0.3 is 18.8 Å². The lowest BCUT2D eigenvalue weighted by atomic mass is 10.2. The summed E-state index contributed by atoms with van der Waals surface area (Å²) >= 11 is 0. The number of methoxy groups -OCH3 is 1. The van der Waals surface area contributed by atoms with Crippen molar-refractivity contribution in [3.8, 4) is 11.5 Å². The van der Waals surface area contributed by atoms with E-state index >= 15 is 0 Å². The number of pyridine rings is 1. The van der Waals surface area contributed by atoms with Crippen LogP contribution in [0.2, 0.25) is 0 Å². The topological polar surface area (TPSA) is 75.5 Å². The van der Waals surface area contributed by atoms with Crippen LogP contribution < -0.4 is 15.0 Å². The highest BCUT2D eigenvalue weighted by Crippen LogP contribution is 2.16. The summed E-state index contributed by atoms with van der Waals surface area (Å²) in [5.41, 5.74) is 1.75. The molecule has 2 aromatic heterocycles. The molecule has 0 saturated carbocycles. The van der Waals surface area contributed by atoms with Gasteiger partial charge in [-0.2, -0.15) is 0 Å². The van der Waals surface area contributed by atoms with Crippen LogP contribution in [0.15, 0.2) is 59.7 Å². The first-order valence-corrected chi connectivity index (χ1v) is 10.5. The van der Waals surface area contributed by atoms with Crippen LogP contribution in [0.25, 0.3) is 0 Å². The molecule has 0 unspecified atom stereocenters. The molecule has 7 nitrogen and oxygen atoms in total. The first kappa shape index (κ1) is 22.5. The second-order valence-electron chi connectivity index (χ2n) is 7.26. The normalized spacial score (nSPS) is 10.8. The van der Waals surface area contributed by atoms with Crippen LogP contribution in [0.1, 0.15) is 36.3 Å².